The van der Waals surface area contributed by atoms with Crippen LogP contribution in [0.5, 0.6) is 5.75 Å². The van der Waals surface area contributed by atoms with Crippen molar-refractivity contribution in [2.24, 2.45) is 5.73 Å². The van der Waals surface area contributed by atoms with Crippen molar-refractivity contribution in [3.63, 3.8) is 0 Å². The van der Waals surface area contributed by atoms with Crippen molar-refractivity contribution >= 4 is 16.6 Å². The van der Waals surface area contributed by atoms with Gasteiger partial charge in [0.1, 0.15) is 5.75 Å². The van der Waals surface area contributed by atoms with Gasteiger partial charge in [0.15, 0.2) is 0 Å². The molecule has 22 heavy (non-hydrogen) atoms. The largest absolute Gasteiger partial charge is 0.497 e. The number of aryl methyl sites for hydroxylation is 2. The molecule has 0 aliphatic carbocycles. The van der Waals surface area contributed by atoms with Crippen LogP contribution in [0.1, 0.15) is 37.9 Å². The highest BCUT2D eigenvalue weighted by atomic mass is 16.5. The molecule has 2 aromatic rings. The van der Waals surface area contributed by atoms with Crippen molar-refractivity contribution < 1.29 is 4.74 Å². The van der Waals surface area contributed by atoms with E-state index in [0.717, 1.165) is 53.8 Å². The van der Waals surface area contributed by atoms with Crippen molar-refractivity contribution in [1.29, 1.82) is 0 Å². The highest BCUT2D eigenvalue weighted by molar-refractivity contribution is 5.94. The zero-order valence-corrected chi connectivity index (χ0v) is 14.1. The van der Waals surface area contributed by atoms with E-state index in [0.29, 0.717) is 6.04 Å². The molecule has 4 nitrogen and oxygen atoms in total. The SMILES string of the molecule is CCc1cc(C)c2cc(OC)cc(N[C@@H](C)CCCN)c2n1. The average molecular weight is 301 g/mol. The third kappa shape index (κ3) is 3.69. The fraction of sp³-hybridized carbons (Fsp3) is 0.500. The van der Waals surface area contributed by atoms with E-state index < -0.39 is 0 Å². The number of aromatic nitrogens is 1. The fourth-order valence-electron chi connectivity index (χ4n) is 2.70. The molecule has 2 rings (SSSR count). The first-order valence-electron chi connectivity index (χ1n) is 8.03. The molecule has 0 radical (unpaired) electrons. The molecule has 0 fully saturated rings. The molecular weight excluding hydrogens is 274 g/mol. The van der Waals surface area contributed by atoms with Gasteiger partial charge in [-0.3, -0.25) is 4.98 Å². The summed E-state index contributed by atoms with van der Waals surface area (Å²) in [5.74, 6) is 0.857. The minimum Gasteiger partial charge on any atom is -0.497 e. The smallest absolute Gasteiger partial charge is 0.121 e. The van der Waals surface area contributed by atoms with E-state index in [2.05, 4.69) is 38.2 Å². The number of nitrogens with two attached hydrogens (primary N) is 1. The molecule has 120 valence electrons. The van der Waals surface area contributed by atoms with Crippen LogP contribution in [0.2, 0.25) is 0 Å². The number of hydrogen-bond donors (Lipinski definition) is 2. The summed E-state index contributed by atoms with van der Waals surface area (Å²) < 4.78 is 5.45. The number of methoxy groups -OCH3 is 1. The summed E-state index contributed by atoms with van der Waals surface area (Å²) in [7, 11) is 1.70. The van der Waals surface area contributed by atoms with Crippen LogP contribution in [0.25, 0.3) is 10.9 Å². The van der Waals surface area contributed by atoms with Crippen LogP contribution in [0.4, 0.5) is 5.69 Å². The molecule has 0 unspecified atom stereocenters. The van der Waals surface area contributed by atoms with Gasteiger partial charge >= 0.3 is 0 Å². The van der Waals surface area contributed by atoms with E-state index >= 15 is 0 Å². The minimum atomic E-state index is 0.353. The van der Waals surface area contributed by atoms with Crippen molar-refractivity contribution in [3.8, 4) is 5.75 Å². The molecule has 1 aromatic heterocycles. The summed E-state index contributed by atoms with van der Waals surface area (Å²) in [4.78, 5) is 4.82. The van der Waals surface area contributed by atoms with Crippen LogP contribution in [-0.4, -0.2) is 24.7 Å². The number of anilines is 1. The van der Waals surface area contributed by atoms with Gasteiger partial charge in [0.2, 0.25) is 0 Å². The van der Waals surface area contributed by atoms with E-state index in [1.807, 2.05) is 6.07 Å². The summed E-state index contributed by atoms with van der Waals surface area (Å²) in [6.07, 6.45) is 3.00. The number of benzene rings is 1. The zero-order valence-electron chi connectivity index (χ0n) is 14.1. The highest BCUT2D eigenvalue weighted by Crippen LogP contribution is 2.31. The second-order valence-corrected chi connectivity index (χ2v) is 5.83. The molecule has 1 aromatic carbocycles. The Bertz CT molecular complexity index is 640. The van der Waals surface area contributed by atoms with Crippen LogP contribution in [0.15, 0.2) is 18.2 Å². The second-order valence-electron chi connectivity index (χ2n) is 5.83. The molecule has 1 heterocycles. The first-order chi connectivity index (χ1) is 10.6. The van der Waals surface area contributed by atoms with E-state index in [4.69, 9.17) is 15.5 Å². The van der Waals surface area contributed by atoms with Gasteiger partial charge in [-0.15, -0.1) is 0 Å². The summed E-state index contributed by atoms with van der Waals surface area (Å²) >= 11 is 0. The lowest BCUT2D eigenvalue weighted by atomic mass is 10.1. The van der Waals surface area contributed by atoms with Crippen LogP contribution in [0.3, 0.4) is 0 Å². The Morgan fingerprint density at radius 1 is 1.32 bits per heavy atom. The summed E-state index contributed by atoms with van der Waals surface area (Å²) in [5, 5.41) is 4.72. The molecule has 0 amide bonds. The minimum absolute atomic E-state index is 0.353. The molecule has 0 aliphatic heterocycles. The topological polar surface area (TPSA) is 60.2 Å². The van der Waals surface area contributed by atoms with Crippen molar-refractivity contribution in [1.82, 2.24) is 4.98 Å². The normalized spacial score (nSPS) is 12.4. The zero-order chi connectivity index (χ0) is 16.1. The van der Waals surface area contributed by atoms with Gasteiger partial charge in [-0.2, -0.15) is 0 Å². The molecular formula is C18H27N3O. The maximum absolute atomic E-state index is 5.60. The standard InChI is InChI=1S/C18H27N3O/c1-5-14-9-12(2)16-10-15(22-4)11-17(18(16)21-14)20-13(3)7-6-8-19/h9-11,13,20H,5-8,19H2,1-4H3/t13-/m0/s1. The number of pyridine rings is 1. The predicted octanol–water partition coefficient (Wildman–Crippen LogP) is 3.65. The Labute approximate surface area is 133 Å². The van der Waals surface area contributed by atoms with Crippen LogP contribution >= 0.6 is 0 Å². The number of hydrogen-bond acceptors (Lipinski definition) is 4. The predicted molar refractivity (Wildman–Crippen MR) is 93.8 cm³/mol. The average Bonchev–Trinajstić information content (AvgIpc) is 2.53. The molecule has 0 aliphatic rings. The number of ether oxygens (including phenoxy) is 1. The van der Waals surface area contributed by atoms with Gasteiger partial charge in [-0.1, -0.05) is 6.92 Å². The van der Waals surface area contributed by atoms with Crippen molar-refractivity contribution in [2.45, 2.75) is 46.1 Å². The molecule has 0 saturated heterocycles. The molecule has 4 heteroatoms. The third-order valence-corrected chi connectivity index (χ3v) is 3.99. The lowest BCUT2D eigenvalue weighted by molar-refractivity contribution is 0.415. The van der Waals surface area contributed by atoms with E-state index in [-0.39, 0.29) is 0 Å². The Balaban J connectivity index is 2.47. The maximum Gasteiger partial charge on any atom is 0.121 e. The van der Waals surface area contributed by atoms with Gasteiger partial charge in [0.05, 0.1) is 18.3 Å². The Morgan fingerprint density at radius 3 is 2.73 bits per heavy atom. The Kier molecular flexibility index (Phi) is 5.61. The Hall–Kier alpha value is -1.81. The van der Waals surface area contributed by atoms with Crippen LogP contribution in [0, 0.1) is 6.92 Å². The fourth-order valence-corrected chi connectivity index (χ4v) is 2.70. The van der Waals surface area contributed by atoms with Gasteiger partial charge in [0, 0.05) is 23.2 Å². The van der Waals surface area contributed by atoms with Gasteiger partial charge in [0.25, 0.3) is 0 Å². The molecule has 0 bridgehead atoms. The highest BCUT2D eigenvalue weighted by Gasteiger charge is 2.12. The monoisotopic (exact) mass is 301 g/mol. The van der Waals surface area contributed by atoms with Gasteiger partial charge in [-0.05, 0) is 57.4 Å². The first-order valence-corrected chi connectivity index (χ1v) is 8.03. The van der Waals surface area contributed by atoms with Gasteiger partial charge in [-0.25, -0.2) is 0 Å². The number of nitrogens with zero attached hydrogens (tertiary/aromatic N) is 1. The van der Waals surface area contributed by atoms with E-state index in [9.17, 15) is 0 Å². The Morgan fingerprint density at radius 2 is 2.09 bits per heavy atom. The third-order valence-electron chi connectivity index (χ3n) is 3.99. The van der Waals surface area contributed by atoms with E-state index in [1.165, 1.54) is 5.56 Å². The summed E-state index contributed by atoms with van der Waals surface area (Å²) in [6.45, 7) is 7.16. The molecule has 3 N–H and O–H groups in total. The number of rotatable bonds is 7. The lowest BCUT2D eigenvalue weighted by Gasteiger charge is -2.18. The summed E-state index contributed by atoms with van der Waals surface area (Å²) in [5.41, 5.74) is 10.0. The molecule has 0 spiro atoms. The summed E-state index contributed by atoms with van der Waals surface area (Å²) in [6, 6.07) is 6.61. The van der Waals surface area contributed by atoms with E-state index in [1.54, 1.807) is 7.11 Å². The van der Waals surface area contributed by atoms with Crippen LogP contribution in [-0.2, 0) is 6.42 Å². The van der Waals surface area contributed by atoms with Gasteiger partial charge < -0.3 is 15.8 Å². The molecule has 0 saturated carbocycles. The van der Waals surface area contributed by atoms with Crippen molar-refractivity contribution in [3.05, 3.63) is 29.5 Å². The van der Waals surface area contributed by atoms with Crippen molar-refractivity contribution in [2.75, 3.05) is 19.0 Å². The number of fused-ring (bicyclic) bond motifs is 1. The quantitative estimate of drug-likeness (QED) is 0.819. The lowest BCUT2D eigenvalue weighted by Crippen LogP contribution is -2.17. The maximum atomic E-state index is 5.60. The van der Waals surface area contributed by atoms with Crippen LogP contribution < -0.4 is 15.8 Å². The molecule has 1 atom stereocenters. The second kappa shape index (κ2) is 7.45. The first kappa shape index (κ1) is 16.6. The number of nitrogens with one attached hydrogen (secondary N) is 1.